The number of nitrogens with zero attached hydrogens (tertiary/aromatic N) is 5. The highest BCUT2D eigenvalue weighted by Crippen LogP contribution is 2.25. The molecule has 0 N–H and O–H groups in total. The Labute approximate surface area is 176 Å². The lowest BCUT2D eigenvalue weighted by molar-refractivity contribution is 0.0693. The zero-order chi connectivity index (χ0) is 21.3. The molecule has 1 aliphatic heterocycles. The fraction of sp³-hybridized carbons (Fsp3) is 0.474. The molecule has 10 heteroatoms. The van der Waals surface area contributed by atoms with Crippen LogP contribution in [0, 0.1) is 0 Å². The van der Waals surface area contributed by atoms with E-state index in [0.717, 1.165) is 11.4 Å². The monoisotopic (exact) mass is 439 g/mol. The van der Waals surface area contributed by atoms with E-state index in [4.69, 9.17) is 11.6 Å². The first-order valence-corrected chi connectivity index (χ1v) is 11.2. The second-order valence-electron chi connectivity index (χ2n) is 7.47. The van der Waals surface area contributed by atoms with E-state index in [1.54, 1.807) is 27.9 Å². The summed E-state index contributed by atoms with van der Waals surface area (Å²) in [6.07, 6.45) is 1.59. The SMILES string of the molecule is CC(C)c1c(C(=O)N2CCN(S(=O)(=O)N(C)C)CC2)cnn1-c1ccc(Cl)cc1. The van der Waals surface area contributed by atoms with Crippen LogP contribution in [0.25, 0.3) is 5.69 Å². The van der Waals surface area contributed by atoms with Crippen LogP contribution >= 0.6 is 11.6 Å². The smallest absolute Gasteiger partial charge is 0.281 e. The number of carbonyl (C=O) groups excluding carboxylic acids is 1. The zero-order valence-corrected chi connectivity index (χ0v) is 18.6. The number of carbonyl (C=O) groups is 1. The number of rotatable bonds is 5. The average Bonchev–Trinajstić information content (AvgIpc) is 3.13. The third-order valence-corrected chi connectivity index (χ3v) is 7.16. The van der Waals surface area contributed by atoms with Gasteiger partial charge >= 0.3 is 0 Å². The number of piperazine rings is 1. The first-order valence-electron chi connectivity index (χ1n) is 9.43. The van der Waals surface area contributed by atoms with Crippen LogP contribution in [0.2, 0.25) is 5.02 Å². The molecule has 3 rings (SSSR count). The molecule has 0 saturated carbocycles. The van der Waals surface area contributed by atoms with Gasteiger partial charge in [0.1, 0.15) is 0 Å². The molecule has 8 nitrogen and oxygen atoms in total. The summed E-state index contributed by atoms with van der Waals surface area (Å²) >= 11 is 5.98. The molecule has 2 aromatic rings. The normalized spacial score (nSPS) is 16.0. The summed E-state index contributed by atoms with van der Waals surface area (Å²) in [5, 5.41) is 5.08. The van der Waals surface area contributed by atoms with Gasteiger partial charge in [-0.05, 0) is 30.2 Å². The standard InChI is InChI=1S/C19H26ClN5O3S/c1-14(2)18-17(13-21-25(18)16-7-5-15(20)6-8-16)19(26)23-9-11-24(12-10-23)29(27,28)22(3)4/h5-8,13-14H,9-12H2,1-4H3. The summed E-state index contributed by atoms with van der Waals surface area (Å²) in [4.78, 5) is 14.9. The fourth-order valence-corrected chi connectivity index (χ4v) is 4.60. The molecule has 1 aromatic carbocycles. The highest BCUT2D eigenvalue weighted by molar-refractivity contribution is 7.86. The molecular formula is C19H26ClN5O3S. The summed E-state index contributed by atoms with van der Waals surface area (Å²) in [5.41, 5.74) is 2.19. The third-order valence-electron chi connectivity index (χ3n) is 4.97. The van der Waals surface area contributed by atoms with E-state index >= 15 is 0 Å². The number of hydrogen-bond donors (Lipinski definition) is 0. The molecule has 158 valence electrons. The van der Waals surface area contributed by atoms with Crippen molar-refractivity contribution < 1.29 is 13.2 Å². The van der Waals surface area contributed by atoms with Crippen molar-refractivity contribution in [1.29, 1.82) is 0 Å². The highest BCUT2D eigenvalue weighted by Gasteiger charge is 2.32. The number of amides is 1. The second-order valence-corrected chi connectivity index (χ2v) is 10.0. The van der Waals surface area contributed by atoms with Crippen LogP contribution in [0.4, 0.5) is 0 Å². The van der Waals surface area contributed by atoms with Crippen LogP contribution in [0.5, 0.6) is 0 Å². The van der Waals surface area contributed by atoms with Crippen molar-refractivity contribution in [1.82, 2.24) is 23.3 Å². The van der Waals surface area contributed by atoms with Gasteiger partial charge in [-0.15, -0.1) is 0 Å². The Morgan fingerprint density at radius 1 is 1.10 bits per heavy atom. The van der Waals surface area contributed by atoms with Gasteiger partial charge in [0.05, 0.1) is 23.1 Å². The second kappa shape index (κ2) is 8.43. The minimum absolute atomic E-state index is 0.0718. The number of halogens is 1. The van der Waals surface area contributed by atoms with E-state index in [1.165, 1.54) is 22.7 Å². The Hall–Kier alpha value is -1.94. The molecule has 1 fully saturated rings. The zero-order valence-electron chi connectivity index (χ0n) is 17.0. The molecule has 0 spiro atoms. The van der Waals surface area contributed by atoms with Crippen LogP contribution in [-0.4, -0.2) is 77.9 Å². The van der Waals surface area contributed by atoms with E-state index in [2.05, 4.69) is 5.10 Å². The first-order chi connectivity index (χ1) is 13.6. The van der Waals surface area contributed by atoms with Crippen molar-refractivity contribution in [2.75, 3.05) is 40.3 Å². The van der Waals surface area contributed by atoms with E-state index in [1.807, 2.05) is 26.0 Å². The molecule has 0 atom stereocenters. The van der Waals surface area contributed by atoms with E-state index in [0.29, 0.717) is 23.7 Å². The van der Waals surface area contributed by atoms with Crippen molar-refractivity contribution in [2.45, 2.75) is 19.8 Å². The maximum absolute atomic E-state index is 13.2. The van der Waals surface area contributed by atoms with E-state index in [9.17, 15) is 13.2 Å². The van der Waals surface area contributed by atoms with Gasteiger partial charge in [-0.2, -0.15) is 22.1 Å². The van der Waals surface area contributed by atoms with E-state index < -0.39 is 10.2 Å². The predicted octanol–water partition coefficient (Wildman–Crippen LogP) is 2.21. The van der Waals surface area contributed by atoms with Gasteiger partial charge in [-0.1, -0.05) is 25.4 Å². The minimum atomic E-state index is -3.47. The number of aromatic nitrogens is 2. The lowest BCUT2D eigenvalue weighted by atomic mass is 10.0. The van der Waals surface area contributed by atoms with E-state index in [-0.39, 0.29) is 24.9 Å². The number of benzene rings is 1. The first kappa shape index (κ1) is 21.8. The van der Waals surface area contributed by atoms with Gasteiger partial charge in [-0.3, -0.25) is 4.79 Å². The Bertz CT molecular complexity index is 978. The van der Waals surface area contributed by atoms with Gasteiger partial charge in [0, 0.05) is 45.3 Å². The third kappa shape index (κ3) is 4.32. The molecule has 29 heavy (non-hydrogen) atoms. The van der Waals surface area contributed by atoms with Crippen LogP contribution in [0.3, 0.4) is 0 Å². The van der Waals surface area contributed by atoms with Crippen LogP contribution in [-0.2, 0) is 10.2 Å². The lowest BCUT2D eigenvalue weighted by Crippen LogP contribution is -2.53. The molecule has 1 aromatic heterocycles. The van der Waals surface area contributed by atoms with Gasteiger partial charge in [0.25, 0.3) is 16.1 Å². The topological polar surface area (TPSA) is 78.8 Å². The van der Waals surface area contributed by atoms with Crippen LogP contribution in [0.15, 0.2) is 30.5 Å². The average molecular weight is 440 g/mol. The molecule has 0 aliphatic carbocycles. The van der Waals surface area contributed by atoms with Crippen molar-refractivity contribution in [3.63, 3.8) is 0 Å². The Balaban J connectivity index is 1.83. The van der Waals surface area contributed by atoms with Gasteiger partial charge in [-0.25, -0.2) is 4.68 Å². The highest BCUT2D eigenvalue weighted by atomic mass is 35.5. The fourth-order valence-electron chi connectivity index (χ4n) is 3.39. The molecule has 1 saturated heterocycles. The molecule has 1 amide bonds. The molecule has 1 aliphatic rings. The van der Waals surface area contributed by atoms with Gasteiger partial charge in [0.2, 0.25) is 0 Å². The Kier molecular flexibility index (Phi) is 6.33. The summed E-state index contributed by atoms with van der Waals surface area (Å²) < 4.78 is 28.9. The molecule has 0 unspecified atom stereocenters. The van der Waals surface area contributed by atoms with Crippen LogP contribution < -0.4 is 0 Å². The molecule has 2 heterocycles. The summed E-state index contributed by atoms with van der Waals surface area (Å²) in [5.74, 6) is -0.0571. The van der Waals surface area contributed by atoms with Crippen molar-refractivity contribution in [3.05, 3.63) is 46.7 Å². The quantitative estimate of drug-likeness (QED) is 0.715. The lowest BCUT2D eigenvalue weighted by Gasteiger charge is -2.35. The molecular weight excluding hydrogens is 414 g/mol. The molecule has 0 radical (unpaired) electrons. The molecule has 0 bridgehead atoms. The van der Waals surface area contributed by atoms with Crippen LogP contribution in [0.1, 0.15) is 35.8 Å². The predicted molar refractivity (Wildman–Crippen MR) is 113 cm³/mol. The summed E-state index contributed by atoms with van der Waals surface area (Å²) in [6, 6.07) is 7.30. The Morgan fingerprint density at radius 2 is 1.69 bits per heavy atom. The Morgan fingerprint density at radius 3 is 2.21 bits per heavy atom. The summed E-state index contributed by atoms with van der Waals surface area (Å²) in [6.45, 7) is 5.26. The number of hydrogen-bond acceptors (Lipinski definition) is 4. The summed E-state index contributed by atoms with van der Waals surface area (Å²) in [7, 11) is -0.456. The largest absolute Gasteiger partial charge is 0.336 e. The van der Waals surface area contributed by atoms with Crippen molar-refractivity contribution in [2.24, 2.45) is 0 Å². The van der Waals surface area contributed by atoms with Gasteiger partial charge in [0.15, 0.2) is 0 Å². The van der Waals surface area contributed by atoms with Crippen molar-refractivity contribution in [3.8, 4) is 5.69 Å². The van der Waals surface area contributed by atoms with Gasteiger partial charge < -0.3 is 4.90 Å². The maximum atomic E-state index is 13.2. The minimum Gasteiger partial charge on any atom is -0.336 e. The van der Waals surface area contributed by atoms with Crippen molar-refractivity contribution >= 4 is 27.7 Å². The maximum Gasteiger partial charge on any atom is 0.281 e.